The molecule has 3 rings (SSSR count). The largest absolute Gasteiger partial charge is 0.447 e. The van der Waals surface area contributed by atoms with Gasteiger partial charge in [-0.2, -0.15) is 0 Å². The lowest BCUT2D eigenvalue weighted by Crippen LogP contribution is -2.45. The van der Waals surface area contributed by atoms with Crippen LogP contribution in [0, 0.1) is 0 Å². The molecule has 4 N–H and O–H groups in total. The number of rotatable bonds is 6. The molecule has 0 bridgehead atoms. The fraction of sp³-hybridized carbons (Fsp3) is 0.312. The van der Waals surface area contributed by atoms with Gasteiger partial charge < -0.3 is 20.8 Å². The fourth-order valence-corrected chi connectivity index (χ4v) is 2.50. The van der Waals surface area contributed by atoms with Gasteiger partial charge >= 0.3 is 6.09 Å². The lowest BCUT2D eigenvalue weighted by atomic mass is 10.1. The second-order valence-corrected chi connectivity index (χ2v) is 5.54. The number of benzene rings is 1. The van der Waals surface area contributed by atoms with Gasteiger partial charge in [-0.05, 0) is 11.1 Å². The SMILES string of the molecule is NCc1ccc(CNC(=O)[C@@H]2COC(=O)N2Cc2cnc[nH]2)cc1. The summed E-state index contributed by atoms with van der Waals surface area (Å²) in [6.07, 6.45) is 2.63. The first-order valence-electron chi connectivity index (χ1n) is 7.63. The van der Waals surface area contributed by atoms with Crippen molar-refractivity contribution < 1.29 is 14.3 Å². The summed E-state index contributed by atoms with van der Waals surface area (Å²) < 4.78 is 5.01. The molecular weight excluding hydrogens is 310 g/mol. The lowest BCUT2D eigenvalue weighted by Gasteiger charge is -2.20. The van der Waals surface area contributed by atoms with E-state index >= 15 is 0 Å². The molecule has 1 atom stereocenters. The summed E-state index contributed by atoms with van der Waals surface area (Å²) in [4.78, 5) is 32.4. The Morgan fingerprint density at radius 3 is 2.79 bits per heavy atom. The minimum atomic E-state index is -0.649. The van der Waals surface area contributed by atoms with Gasteiger partial charge in [0.2, 0.25) is 5.91 Å². The molecule has 2 aromatic rings. The van der Waals surface area contributed by atoms with Crippen molar-refractivity contribution in [3.8, 4) is 0 Å². The minimum Gasteiger partial charge on any atom is -0.447 e. The molecule has 1 aromatic carbocycles. The number of hydrogen-bond acceptors (Lipinski definition) is 5. The normalized spacial score (nSPS) is 17.0. The maximum Gasteiger partial charge on any atom is 0.411 e. The molecule has 126 valence electrons. The van der Waals surface area contributed by atoms with E-state index < -0.39 is 12.1 Å². The van der Waals surface area contributed by atoms with E-state index in [0.717, 1.165) is 16.8 Å². The van der Waals surface area contributed by atoms with Crippen molar-refractivity contribution >= 4 is 12.0 Å². The molecule has 2 heterocycles. The summed E-state index contributed by atoms with van der Waals surface area (Å²) in [7, 11) is 0. The van der Waals surface area contributed by atoms with Crippen molar-refractivity contribution in [1.82, 2.24) is 20.2 Å². The first-order valence-corrected chi connectivity index (χ1v) is 7.63. The van der Waals surface area contributed by atoms with E-state index in [9.17, 15) is 9.59 Å². The summed E-state index contributed by atoms with van der Waals surface area (Å²) in [6, 6.07) is 7.04. The zero-order valence-corrected chi connectivity index (χ0v) is 13.1. The maximum atomic E-state index is 12.4. The monoisotopic (exact) mass is 329 g/mol. The van der Waals surface area contributed by atoms with Gasteiger partial charge in [-0.3, -0.25) is 9.69 Å². The summed E-state index contributed by atoms with van der Waals surface area (Å²) in [6.45, 7) is 1.16. The Kier molecular flexibility index (Phi) is 4.76. The molecule has 0 aliphatic carbocycles. The number of aromatic nitrogens is 2. The fourth-order valence-electron chi connectivity index (χ4n) is 2.50. The third kappa shape index (κ3) is 3.54. The van der Waals surface area contributed by atoms with Crippen LogP contribution < -0.4 is 11.1 Å². The van der Waals surface area contributed by atoms with Gasteiger partial charge in [0, 0.05) is 19.3 Å². The number of amides is 2. The van der Waals surface area contributed by atoms with Crippen LogP contribution in [-0.2, 0) is 29.2 Å². The van der Waals surface area contributed by atoms with Crippen LogP contribution in [-0.4, -0.2) is 39.5 Å². The molecule has 1 aliphatic heterocycles. The standard InChI is InChI=1S/C16H19N5O3/c17-5-11-1-3-12(4-2-11)6-19-15(22)14-9-24-16(23)21(14)8-13-7-18-10-20-13/h1-4,7,10,14H,5-6,8-9,17H2,(H,18,20)(H,19,22)/t14-/m0/s1. The highest BCUT2D eigenvalue weighted by atomic mass is 16.6. The Hall–Kier alpha value is -2.87. The number of ether oxygens (including phenoxy) is 1. The number of hydrogen-bond donors (Lipinski definition) is 3. The predicted octanol–water partition coefficient (Wildman–Crippen LogP) is 0.506. The van der Waals surface area contributed by atoms with Crippen molar-refractivity contribution in [2.24, 2.45) is 5.73 Å². The Balaban J connectivity index is 1.59. The van der Waals surface area contributed by atoms with Crippen LogP contribution in [0.4, 0.5) is 4.79 Å². The van der Waals surface area contributed by atoms with E-state index in [2.05, 4.69) is 15.3 Å². The van der Waals surface area contributed by atoms with E-state index in [1.807, 2.05) is 24.3 Å². The number of carbonyl (C=O) groups is 2. The average molecular weight is 329 g/mol. The van der Waals surface area contributed by atoms with E-state index in [1.54, 1.807) is 6.20 Å². The van der Waals surface area contributed by atoms with Crippen molar-refractivity contribution in [1.29, 1.82) is 0 Å². The molecule has 0 saturated carbocycles. The second kappa shape index (κ2) is 7.14. The molecule has 1 aromatic heterocycles. The smallest absolute Gasteiger partial charge is 0.411 e. The Bertz CT molecular complexity index is 699. The number of nitrogens with two attached hydrogens (primary N) is 1. The van der Waals surface area contributed by atoms with E-state index in [4.69, 9.17) is 10.5 Å². The van der Waals surface area contributed by atoms with Crippen LogP contribution in [0.5, 0.6) is 0 Å². The average Bonchev–Trinajstić information content (AvgIpc) is 3.24. The third-order valence-electron chi connectivity index (χ3n) is 3.90. The zero-order valence-electron chi connectivity index (χ0n) is 13.1. The van der Waals surface area contributed by atoms with Gasteiger partial charge in [-0.1, -0.05) is 24.3 Å². The molecule has 1 fully saturated rings. The summed E-state index contributed by atoms with van der Waals surface area (Å²) in [5.74, 6) is -0.247. The first kappa shape index (κ1) is 16.0. The predicted molar refractivity (Wildman–Crippen MR) is 85.4 cm³/mol. The van der Waals surface area contributed by atoms with Crippen molar-refractivity contribution in [2.75, 3.05) is 6.61 Å². The van der Waals surface area contributed by atoms with Crippen LogP contribution in [0.2, 0.25) is 0 Å². The van der Waals surface area contributed by atoms with E-state index in [0.29, 0.717) is 13.1 Å². The molecule has 2 amide bonds. The molecule has 0 spiro atoms. The molecule has 0 radical (unpaired) electrons. The Labute approximate surface area is 139 Å². The number of imidazole rings is 1. The quantitative estimate of drug-likeness (QED) is 0.714. The van der Waals surface area contributed by atoms with Crippen LogP contribution in [0.1, 0.15) is 16.8 Å². The molecule has 8 nitrogen and oxygen atoms in total. The van der Waals surface area contributed by atoms with Gasteiger partial charge in [0.25, 0.3) is 0 Å². The number of carbonyl (C=O) groups excluding carboxylic acids is 2. The maximum absolute atomic E-state index is 12.4. The number of cyclic esters (lactones) is 1. The molecule has 0 unspecified atom stereocenters. The summed E-state index contributed by atoms with van der Waals surface area (Å²) in [5, 5.41) is 2.84. The van der Waals surface area contributed by atoms with Crippen LogP contribution in [0.15, 0.2) is 36.8 Å². The minimum absolute atomic E-state index is 0.0465. The number of H-pyrrole nitrogens is 1. The molecule has 24 heavy (non-hydrogen) atoms. The van der Waals surface area contributed by atoms with Crippen LogP contribution in [0.25, 0.3) is 0 Å². The van der Waals surface area contributed by atoms with Crippen molar-refractivity contribution in [3.63, 3.8) is 0 Å². The van der Waals surface area contributed by atoms with Crippen LogP contribution in [0.3, 0.4) is 0 Å². The Morgan fingerprint density at radius 1 is 1.38 bits per heavy atom. The van der Waals surface area contributed by atoms with Crippen molar-refractivity contribution in [3.05, 3.63) is 53.6 Å². The topological polar surface area (TPSA) is 113 Å². The molecular formula is C16H19N5O3. The van der Waals surface area contributed by atoms with Gasteiger partial charge in [-0.25, -0.2) is 9.78 Å². The number of nitrogens with one attached hydrogen (secondary N) is 2. The van der Waals surface area contributed by atoms with E-state index in [-0.39, 0.29) is 19.1 Å². The summed E-state index contributed by atoms with van der Waals surface area (Å²) in [5.41, 5.74) is 8.30. The lowest BCUT2D eigenvalue weighted by molar-refractivity contribution is -0.125. The van der Waals surface area contributed by atoms with Gasteiger partial charge in [0.1, 0.15) is 12.6 Å². The highest BCUT2D eigenvalue weighted by Crippen LogP contribution is 2.16. The number of aromatic amines is 1. The highest BCUT2D eigenvalue weighted by Gasteiger charge is 2.38. The van der Waals surface area contributed by atoms with E-state index in [1.165, 1.54) is 11.2 Å². The molecule has 8 heteroatoms. The van der Waals surface area contributed by atoms with Gasteiger partial charge in [0.05, 0.1) is 18.6 Å². The molecule has 1 saturated heterocycles. The number of nitrogens with zero attached hydrogens (tertiary/aromatic N) is 2. The summed E-state index contributed by atoms with van der Waals surface area (Å²) >= 11 is 0. The molecule has 1 aliphatic rings. The Morgan fingerprint density at radius 2 is 2.12 bits per heavy atom. The second-order valence-electron chi connectivity index (χ2n) is 5.54. The van der Waals surface area contributed by atoms with Gasteiger partial charge in [-0.15, -0.1) is 0 Å². The van der Waals surface area contributed by atoms with Gasteiger partial charge in [0.15, 0.2) is 0 Å². The third-order valence-corrected chi connectivity index (χ3v) is 3.90. The van der Waals surface area contributed by atoms with Crippen LogP contribution >= 0.6 is 0 Å². The van der Waals surface area contributed by atoms with Crippen molar-refractivity contribution in [2.45, 2.75) is 25.7 Å². The first-order chi connectivity index (χ1) is 11.7. The highest BCUT2D eigenvalue weighted by molar-refractivity contribution is 5.87. The zero-order chi connectivity index (χ0) is 16.9.